The second kappa shape index (κ2) is 6.15. The summed E-state index contributed by atoms with van der Waals surface area (Å²) < 4.78 is 0.472. The summed E-state index contributed by atoms with van der Waals surface area (Å²) >= 11 is 6.37. The molecule has 0 unspecified atom stereocenters. The van der Waals surface area contributed by atoms with Gasteiger partial charge in [0.25, 0.3) is 0 Å². The summed E-state index contributed by atoms with van der Waals surface area (Å²) in [4.78, 5) is 25.2. The van der Waals surface area contributed by atoms with E-state index in [0.717, 1.165) is 11.3 Å². The van der Waals surface area contributed by atoms with Crippen molar-refractivity contribution in [2.75, 3.05) is 17.6 Å². The largest absolute Gasteiger partial charge is 0.324 e. The molecule has 1 aliphatic rings. The number of hydrogen-bond acceptors (Lipinski definition) is 4. The van der Waals surface area contributed by atoms with Crippen LogP contribution in [-0.4, -0.2) is 33.3 Å². The summed E-state index contributed by atoms with van der Waals surface area (Å²) in [5.74, 6) is -0.0146. The lowest BCUT2D eigenvalue weighted by Gasteiger charge is -2.23. The van der Waals surface area contributed by atoms with Crippen molar-refractivity contribution in [1.82, 2.24) is 4.90 Å². The third kappa shape index (κ3) is 3.83. The summed E-state index contributed by atoms with van der Waals surface area (Å²) in [5, 5.41) is 2.88. The molecule has 0 saturated carbocycles. The van der Waals surface area contributed by atoms with Crippen molar-refractivity contribution < 1.29 is 9.59 Å². The van der Waals surface area contributed by atoms with Crippen molar-refractivity contribution in [2.24, 2.45) is 0 Å². The molecule has 1 N–H and O–H groups in total. The zero-order chi connectivity index (χ0) is 15.6. The van der Waals surface area contributed by atoms with Gasteiger partial charge in [-0.1, -0.05) is 63.0 Å². The molecule has 21 heavy (non-hydrogen) atoms. The minimum absolute atomic E-state index is 0.0247. The quantitative estimate of drug-likeness (QED) is 0.870. The number of hydrogen-bond donors (Lipinski definition) is 1. The van der Waals surface area contributed by atoms with Crippen LogP contribution in [0.3, 0.4) is 0 Å². The van der Waals surface area contributed by atoms with Gasteiger partial charge in [-0.3, -0.25) is 14.5 Å². The van der Waals surface area contributed by atoms with Crippen LogP contribution in [0.1, 0.15) is 26.3 Å². The Hall–Kier alpha value is -1.40. The van der Waals surface area contributed by atoms with Gasteiger partial charge in [0.05, 0.1) is 5.75 Å². The zero-order valence-electron chi connectivity index (χ0n) is 12.3. The Kier molecular flexibility index (Phi) is 4.68. The van der Waals surface area contributed by atoms with Gasteiger partial charge in [0.15, 0.2) is 0 Å². The molecule has 0 bridgehead atoms. The lowest BCUT2D eigenvalue weighted by molar-refractivity contribution is -0.128. The number of nitrogens with one attached hydrogen (secondary N) is 1. The molecule has 1 heterocycles. The molecular weight excluding hydrogens is 304 g/mol. The number of thiocarbonyl (C=S) groups is 1. The van der Waals surface area contributed by atoms with E-state index in [1.807, 2.05) is 24.3 Å². The summed E-state index contributed by atoms with van der Waals surface area (Å²) in [7, 11) is 0. The topological polar surface area (TPSA) is 49.4 Å². The van der Waals surface area contributed by atoms with Crippen LogP contribution in [0, 0.1) is 0 Å². The number of thioether (sulfide) groups is 1. The highest BCUT2D eigenvalue weighted by molar-refractivity contribution is 8.23. The van der Waals surface area contributed by atoms with Gasteiger partial charge in [0.1, 0.15) is 10.9 Å². The number of carbonyl (C=O) groups is 2. The summed E-state index contributed by atoms with van der Waals surface area (Å²) in [6.07, 6.45) is 0. The van der Waals surface area contributed by atoms with E-state index in [0.29, 0.717) is 10.1 Å². The van der Waals surface area contributed by atoms with Crippen LogP contribution in [0.15, 0.2) is 24.3 Å². The smallest absolute Gasteiger partial charge is 0.244 e. The van der Waals surface area contributed by atoms with Crippen molar-refractivity contribution in [3.05, 3.63) is 29.8 Å². The molecule has 0 radical (unpaired) electrons. The Morgan fingerprint density at radius 3 is 2.62 bits per heavy atom. The summed E-state index contributed by atoms with van der Waals surface area (Å²) in [6.45, 7) is 6.25. The van der Waals surface area contributed by atoms with Crippen molar-refractivity contribution in [1.29, 1.82) is 0 Å². The van der Waals surface area contributed by atoms with Crippen LogP contribution in [0.5, 0.6) is 0 Å². The molecule has 1 fully saturated rings. The Balaban J connectivity index is 2.10. The third-order valence-corrected chi connectivity index (χ3v) is 4.58. The predicted molar refractivity (Wildman–Crippen MR) is 90.5 cm³/mol. The molecule has 0 spiro atoms. The normalized spacial score (nSPS) is 15.5. The van der Waals surface area contributed by atoms with Gasteiger partial charge in [0, 0.05) is 5.69 Å². The van der Waals surface area contributed by atoms with E-state index < -0.39 is 0 Å². The Morgan fingerprint density at radius 1 is 1.38 bits per heavy atom. The number of amides is 2. The number of para-hydroxylation sites is 1. The molecule has 6 heteroatoms. The number of nitrogens with zero attached hydrogens (tertiary/aromatic N) is 1. The average Bonchev–Trinajstić information content (AvgIpc) is 2.70. The second-order valence-electron chi connectivity index (χ2n) is 5.88. The van der Waals surface area contributed by atoms with E-state index in [4.69, 9.17) is 12.2 Å². The highest BCUT2D eigenvalue weighted by Crippen LogP contribution is 2.29. The average molecular weight is 322 g/mol. The standard InChI is InChI=1S/C15H18N2O2S2/c1-15(2,3)10-6-4-5-7-11(10)16-12(18)8-17-13(19)9-21-14(17)20/h4-7H,8-9H2,1-3H3,(H,16,18). The van der Waals surface area contributed by atoms with Crippen molar-refractivity contribution >= 4 is 45.8 Å². The predicted octanol–water partition coefficient (Wildman–Crippen LogP) is 2.78. The number of benzene rings is 1. The van der Waals surface area contributed by atoms with E-state index in [-0.39, 0.29) is 23.8 Å². The molecule has 112 valence electrons. The SMILES string of the molecule is CC(C)(C)c1ccccc1NC(=O)CN1C(=O)CSC1=S. The molecular formula is C15H18N2O2S2. The van der Waals surface area contributed by atoms with E-state index in [2.05, 4.69) is 26.1 Å². The summed E-state index contributed by atoms with van der Waals surface area (Å²) in [6, 6.07) is 7.70. The Bertz CT molecular complexity index is 578. The fraction of sp³-hybridized carbons (Fsp3) is 0.400. The zero-order valence-corrected chi connectivity index (χ0v) is 13.9. The fourth-order valence-electron chi connectivity index (χ4n) is 2.11. The first-order chi connectivity index (χ1) is 9.79. The first-order valence-electron chi connectivity index (χ1n) is 6.65. The van der Waals surface area contributed by atoms with Gasteiger partial charge in [-0.05, 0) is 17.0 Å². The van der Waals surface area contributed by atoms with E-state index in [1.54, 1.807) is 0 Å². The Labute approximate surface area is 134 Å². The molecule has 0 aromatic heterocycles. The summed E-state index contributed by atoms with van der Waals surface area (Å²) in [5.41, 5.74) is 1.77. The molecule has 1 aromatic carbocycles. The van der Waals surface area contributed by atoms with Gasteiger partial charge in [-0.2, -0.15) is 0 Å². The first kappa shape index (κ1) is 16.0. The molecule has 2 amide bonds. The second-order valence-corrected chi connectivity index (χ2v) is 7.49. The molecule has 1 aromatic rings. The first-order valence-corrected chi connectivity index (χ1v) is 8.05. The lowest BCUT2D eigenvalue weighted by Crippen LogP contribution is -2.36. The monoisotopic (exact) mass is 322 g/mol. The highest BCUT2D eigenvalue weighted by atomic mass is 32.2. The van der Waals surface area contributed by atoms with Crippen LogP contribution in [0.4, 0.5) is 5.69 Å². The number of carbonyl (C=O) groups excluding carboxylic acids is 2. The van der Waals surface area contributed by atoms with E-state index in [1.165, 1.54) is 16.7 Å². The molecule has 2 rings (SSSR count). The maximum Gasteiger partial charge on any atom is 0.244 e. The lowest BCUT2D eigenvalue weighted by atomic mass is 9.86. The molecule has 1 aliphatic heterocycles. The molecule has 4 nitrogen and oxygen atoms in total. The third-order valence-electron chi connectivity index (χ3n) is 3.15. The minimum Gasteiger partial charge on any atom is -0.324 e. The van der Waals surface area contributed by atoms with Gasteiger partial charge in [0.2, 0.25) is 11.8 Å². The van der Waals surface area contributed by atoms with Crippen LogP contribution >= 0.6 is 24.0 Å². The maximum absolute atomic E-state index is 12.2. The molecule has 0 atom stereocenters. The van der Waals surface area contributed by atoms with Crippen molar-refractivity contribution in [3.8, 4) is 0 Å². The minimum atomic E-state index is -0.232. The van der Waals surface area contributed by atoms with Crippen LogP contribution in [-0.2, 0) is 15.0 Å². The Morgan fingerprint density at radius 2 is 2.05 bits per heavy atom. The van der Waals surface area contributed by atoms with Crippen LogP contribution in [0.2, 0.25) is 0 Å². The number of rotatable bonds is 3. The van der Waals surface area contributed by atoms with Crippen LogP contribution < -0.4 is 5.32 Å². The van der Waals surface area contributed by atoms with Crippen molar-refractivity contribution in [2.45, 2.75) is 26.2 Å². The van der Waals surface area contributed by atoms with Gasteiger partial charge < -0.3 is 5.32 Å². The van der Waals surface area contributed by atoms with Gasteiger partial charge in [-0.25, -0.2) is 0 Å². The van der Waals surface area contributed by atoms with Crippen molar-refractivity contribution in [3.63, 3.8) is 0 Å². The van der Waals surface area contributed by atoms with Gasteiger partial charge in [-0.15, -0.1) is 0 Å². The van der Waals surface area contributed by atoms with Gasteiger partial charge >= 0.3 is 0 Å². The van der Waals surface area contributed by atoms with E-state index in [9.17, 15) is 9.59 Å². The maximum atomic E-state index is 12.2. The molecule has 1 saturated heterocycles. The fourth-order valence-corrected chi connectivity index (χ4v) is 3.18. The van der Waals surface area contributed by atoms with E-state index >= 15 is 0 Å². The number of anilines is 1. The molecule has 0 aliphatic carbocycles. The highest BCUT2D eigenvalue weighted by Gasteiger charge is 2.28. The van der Waals surface area contributed by atoms with Crippen LogP contribution in [0.25, 0.3) is 0 Å².